The zero-order chi connectivity index (χ0) is 18.4. The van der Waals surface area contributed by atoms with Gasteiger partial charge in [-0.15, -0.1) is 6.58 Å². The van der Waals surface area contributed by atoms with Crippen molar-refractivity contribution >= 4 is 0 Å². The second-order valence-electron chi connectivity index (χ2n) is 7.66. The highest BCUT2D eigenvalue weighted by atomic mass is 14.9. The van der Waals surface area contributed by atoms with Gasteiger partial charge < -0.3 is 5.32 Å². The van der Waals surface area contributed by atoms with Crippen LogP contribution in [-0.2, 0) is 0 Å². The number of hydrogen-bond donors (Lipinski definition) is 1. The van der Waals surface area contributed by atoms with E-state index in [-0.39, 0.29) is 0 Å². The number of unbranched alkanes of at least 4 members (excludes halogenated alkanes) is 15. The van der Waals surface area contributed by atoms with E-state index >= 15 is 0 Å². The van der Waals surface area contributed by atoms with E-state index in [2.05, 4.69) is 25.4 Å². The lowest BCUT2D eigenvalue weighted by Gasteiger charge is -2.09. The Morgan fingerprint density at radius 3 is 1.68 bits per heavy atom. The summed E-state index contributed by atoms with van der Waals surface area (Å²) in [5.74, 6) is 0. The molecule has 0 saturated carbocycles. The quantitative estimate of drug-likeness (QED) is 0.162. The van der Waals surface area contributed by atoms with Crippen molar-refractivity contribution in [3.05, 3.63) is 24.9 Å². The molecule has 0 aromatic carbocycles. The van der Waals surface area contributed by atoms with Gasteiger partial charge in [-0.05, 0) is 32.1 Å². The summed E-state index contributed by atoms with van der Waals surface area (Å²) in [6.07, 6.45) is 26.6. The van der Waals surface area contributed by atoms with Crippen molar-refractivity contribution in [2.24, 2.45) is 0 Å². The van der Waals surface area contributed by atoms with Crippen molar-refractivity contribution in [1.82, 2.24) is 5.32 Å². The molecule has 1 N–H and O–H groups in total. The van der Waals surface area contributed by atoms with E-state index in [9.17, 15) is 0 Å². The molecule has 0 spiro atoms. The lowest BCUT2D eigenvalue weighted by atomic mass is 10.0. The molecule has 0 atom stereocenters. The number of hydrogen-bond acceptors (Lipinski definition) is 1. The molecule has 0 amide bonds. The first-order chi connectivity index (χ1) is 12.3. The van der Waals surface area contributed by atoms with E-state index in [1.54, 1.807) is 0 Å². The van der Waals surface area contributed by atoms with Crippen molar-refractivity contribution in [2.75, 3.05) is 6.54 Å². The van der Waals surface area contributed by atoms with Gasteiger partial charge >= 0.3 is 0 Å². The Balaban J connectivity index is 3.12. The Labute approximate surface area is 159 Å². The van der Waals surface area contributed by atoms with Crippen molar-refractivity contribution in [1.29, 1.82) is 0 Å². The fourth-order valence-electron chi connectivity index (χ4n) is 3.30. The Morgan fingerprint density at radius 2 is 1.16 bits per heavy atom. The molecule has 25 heavy (non-hydrogen) atoms. The number of allylic oxidation sites excluding steroid dienone is 2. The summed E-state index contributed by atoms with van der Waals surface area (Å²) < 4.78 is 0. The predicted octanol–water partition coefficient (Wildman–Crippen LogP) is 8.32. The number of nitrogens with one attached hydrogen (secondary N) is 1. The summed E-state index contributed by atoms with van der Waals surface area (Å²) in [4.78, 5) is 0. The molecular formula is C24H47N. The van der Waals surface area contributed by atoms with Crippen LogP contribution in [0, 0.1) is 0 Å². The maximum absolute atomic E-state index is 4.16. The summed E-state index contributed by atoms with van der Waals surface area (Å²) in [7, 11) is 0. The molecule has 0 rings (SSSR count). The van der Waals surface area contributed by atoms with Crippen molar-refractivity contribution in [2.45, 2.75) is 122 Å². The Morgan fingerprint density at radius 1 is 0.680 bits per heavy atom. The Hall–Kier alpha value is -0.720. The van der Waals surface area contributed by atoms with Crippen LogP contribution in [0.5, 0.6) is 0 Å². The molecule has 0 aliphatic heterocycles. The van der Waals surface area contributed by atoms with Gasteiger partial charge in [0.2, 0.25) is 0 Å². The monoisotopic (exact) mass is 349 g/mol. The highest BCUT2D eigenvalue weighted by molar-refractivity contribution is 4.90. The fourth-order valence-corrected chi connectivity index (χ4v) is 3.30. The molecule has 0 fully saturated rings. The van der Waals surface area contributed by atoms with Crippen LogP contribution >= 0.6 is 0 Å². The molecule has 1 nitrogen and oxygen atoms in total. The van der Waals surface area contributed by atoms with Gasteiger partial charge in [0.25, 0.3) is 0 Å². The van der Waals surface area contributed by atoms with Gasteiger partial charge in [-0.2, -0.15) is 0 Å². The van der Waals surface area contributed by atoms with Gasteiger partial charge in [-0.3, -0.25) is 0 Å². The third kappa shape index (κ3) is 21.2. The third-order valence-corrected chi connectivity index (χ3v) is 5.04. The van der Waals surface area contributed by atoms with E-state index in [1.807, 2.05) is 6.08 Å². The second kappa shape index (κ2) is 21.3. The first-order valence-corrected chi connectivity index (χ1v) is 11.3. The molecule has 0 aromatic heterocycles. The van der Waals surface area contributed by atoms with Gasteiger partial charge in [-0.1, -0.05) is 103 Å². The Bertz CT molecular complexity index is 282. The molecule has 148 valence electrons. The van der Waals surface area contributed by atoms with Crippen LogP contribution in [0.3, 0.4) is 0 Å². The molecule has 1 heteroatoms. The molecular weight excluding hydrogens is 302 g/mol. The van der Waals surface area contributed by atoms with Crippen LogP contribution in [0.1, 0.15) is 122 Å². The van der Waals surface area contributed by atoms with E-state index in [4.69, 9.17) is 0 Å². The van der Waals surface area contributed by atoms with Gasteiger partial charge in [0.1, 0.15) is 0 Å². The highest BCUT2D eigenvalue weighted by Crippen LogP contribution is 2.13. The summed E-state index contributed by atoms with van der Waals surface area (Å²) >= 11 is 0. The van der Waals surface area contributed by atoms with E-state index in [0.717, 1.165) is 19.4 Å². The zero-order valence-electron chi connectivity index (χ0n) is 17.4. The number of rotatable bonds is 21. The van der Waals surface area contributed by atoms with Gasteiger partial charge in [0.15, 0.2) is 0 Å². The SMILES string of the molecule is C=CCCCCCNC(=C)CCCCCCCCCCCCCCC. The van der Waals surface area contributed by atoms with Crippen LogP contribution in [0.15, 0.2) is 24.9 Å². The van der Waals surface area contributed by atoms with Crippen LogP contribution < -0.4 is 5.32 Å². The minimum Gasteiger partial charge on any atom is -0.389 e. The highest BCUT2D eigenvalue weighted by Gasteiger charge is 1.96. The largest absolute Gasteiger partial charge is 0.389 e. The molecule has 0 saturated heterocycles. The second-order valence-corrected chi connectivity index (χ2v) is 7.66. The molecule has 0 aliphatic rings. The lowest BCUT2D eigenvalue weighted by molar-refractivity contribution is 0.537. The van der Waals surface area contributed by atoms with Crippen molar-refractivity contribution in [3.8, 4) is 0 Å². The summed E-state index contributed by atoms with van der Waals surface area (Å²) in [5, 5.41) is 3.48. The summed E-state index contributed by atoms with van der Waals surface area (Å²) in [6, 6.07) is 0. The first-order valence-electron chi connectivity index (χ1n) is 11.3. The van der Waals surface area contributed by atoms with Gasteiger partial charge in [-0.25, -0.2) is 0 Å². The van der Waals surface area contributed by atoms with E-state index < -0.39 is 0 Å². The molecule has 0 heterocycles. The first kappa shape index (κ1) is 24.3. The third-order valence-electron chi connectivity index (χ3n) is 5.04. The zero-order valence-corrected chi connectivity index (χ0v) is 17.4. The average molecular weight is 350 g/mol. The smallest absolute Gasteiger partial charge is 0.0143 e. The molecule has 0 unspecified atom stereocenters. The normalized spacial score (nSPS) is 10.8. The van der Waals surface area contributed by atoms with E-state index in [1.165, 1.54) is 108 Å². The van der Waals surface area contributed by atoms with Crippen LogP contribution in [0.4, 0.5) is 0 Å². The average Bonchev–Trinajstić information content (AvgIpc) is 2.62. The minimum absolute atomic E-state index is 1.09. The van der Waals surface area contributed by atoms with Gasteiger partial charge in [0.05, 0.1) is 0 Å². The minimum atomic E-state index is 1.09. The van der Waals surface area contributed by atoms with Crippen molar-refractivity contribution < 1.29 is 0 Å². The van der Waals surface area contributed by atoms with Crippen LogP contribution in [-0.4, -0.2) is 6.54 Å². The topological polar surface area (TPSA) is 12.0 Å². The molecule has 0 aromatic rings. The molecule has 0 bridgehead atoms. The maximum Gasteiger partial charge on any atom is 0.0143 e. The Kier molecular flexibility index (Phi) is 20.7. The summed E-state index contributed by atoms with van der Waals surface area (Å²) in [6.45, 7) is 11.3. The molecule has 0 radical (unpaired) electrons. The van der Waals surface area contributed by atoms with Crippen LogP contribution in [0.2, 0.25) is 0 Å². The lowest BCUT2D eigenvalue weighted by Crippen LogP contribution is -2.13. The predicted molar refractivity (Wildman–Crippen MR) is 116 cm³/mol. The fraction of sp³-hybridized carbons (Fsp3) is 0.833. The summed E-state index contributed by atoms with van der Waals surface area (Å²) in [5.41, 5.74) is 1.24. The standard InChI is InChI=1S/C24H47N/c1-4-6-8-10-11-12-13-14-15-16-17-18-20-22-24(3)25-23-21-19-9-7-5-2/h5,25H,2-4,6-23H2,1H3. The van der Waals surface area contributed by atoms with Gasteiger partial charge in [0, 0.05) is 12.2 Å². The van der Waals surface area contributed by atoms with Crippen LogP contribution in [0.25, 0.3) is 0 Å². The van der Waals surface area contributed by atoms with E-state index in [0.29, 0.717) is 0 Å². The maximum atomic E-state index is 4.16. The molecule has 0 aliphatic carbocycles. The van der Waals surface area contributed by atoms with Crippen molar-refractivity contribution in [3.63, 3.8) is 0 Å².